The van der Waals surface area contributed by atoms with Crippen LogP contribution in [0.4, 0.5) is 0 Å². The van der Waals surface area contributed by atoms with Gasteiger partial charge in [-0.05, 0) is 49.8 Å². The van der Waals surface area contributed by atoms with Gasteiger partial charge in [-0.1, -0.05) is 38.1 Å². The fourth-order valence-corrected chi connectivity index (χ4v) is 4.00. The van der Waals surface area contributed by atoms with Crippen LogP contribution in [0.1, 0.15) is 56.7 Å². The molecule has 2 aliphatic rings. The number of nitrogens with zero attached hydrogens (tertiary/aromatic N) is 1. The molecule has 2 atom stereocenters. The summed E-state index contributed by atoms with van der Waals surface area (Å²) in [7, 11) is 0. The molecule has 0 spiro atoms. The van der Waals surface area contributed by atoms with Gasteiger partial charge < -0.3 is 5.32 Å². The Labute approximate surface area is 123 Å². The number of piperidine rings is 1. The van der Waals surface area contributed by atoms with Crippen LogP contribution in [0.2, 0.25) is 0 Å². The van der Waals surface area contributed by atoms with Crippen LogP contribution in [0.15, 0.2) is 24.3 Å². The molecule has 0 bridgehead atoms. The Morgan fingerprint density at radius 3 is 2.85 bits per heavy atom. The second-order valence-corrected chi connectivity index (χ2v) is 6.76. The summed E-state index contributed by atoms with van der Waals surface area (Å²) >= 11 is 0. The Morgan fingerprint density at radius 1 is 1.15 bits per heavy atom. The molecule has 3 rings (SSSR count). The molecule has 1 aliphatic carbocycles. The van der Waals surface area contributed by atoms with Crippen LogP contribution in [0.25, 0.3) is 0 Å². The van der Waals surface area contributed by atoms with E-state index in [1.54, 1.807) is 11.1 Å². The van der Waals surface area contributed by atoms with Crippen LogP contribution < -0.4 is 5.32 Å². The topological polar surface area (TPSA) is 15.3 Å². The third-order valence-electron chi connectivity index (χ3n) is 4.80. The maximum absolute atomic E-state index is 3.73. The maximum atomic E-state index is 3.73. The van der Waals surface area contributed by atoms with Crippen LogP contribution in [0, 0.1) is 0 Å². The van der Waals surface area contributed by atoms with E-state index in [0.29, 0.717) is 18.1 Å². The minimum Gasteiger partial charge on any atom is -0.311 e. The van der Waals surface area contributed by atoms with Gasteiger partial charge in [-0.15, -0.1) is 0 Å². The van der Waals surface area contributed by atoms with Gasteiger partial charge in [0.05, 0.1) is 0 Å². The number of hydrogen-bond acceptors (Lipinski definition) is 2. The van der Waals surface area contributed by atoms with E-state index in [-0.39, 0.29) is 0 Å². The first-order valence-electron chi connectivity index (χ1n) is 8.32. The van der Waals surface area contributed by atoms with Crippen molar-refractivity contribution in [3.8, 4) is 0 Å². The predicted octanol–water partition coefficient (Wildman–Crippen LogP) is 3.53. The first-order valence-corrected chi connectivity index (χ1v) is 8.32. The van der Waals surface area contributed by atoms with Gasteiger partial charge in [0.25, 0.3) is 0 Å². The molecule has 1 saturated heterocycles. The number of aryl methyl sites for hydroxylation is 1. The van der Waals surface area contributed by atoms with Crippen molar-refractivity contribution in [3.63, 3.8) is 0 Å². The quantitative estimate of drug-likeness (QED) is 0.905. The normalized spacial score (nSPS) is 27.6. The van der Waals surface area contributed by atoms with Gasteiger partial charge in [0.15, 0.2) is 0 Å². The molecule has 1 aromatic carbocycles. The summed E-state index contributed by atoms with van der Waals surface area (Å²) in [5, 5.41) is 3.73. The number of likely N-dealkylation sites (tertiary alicyclic amines) is 1. The number of hydrogen-bond donors (Lipinski definition) is 1. The van der Waals surface area contributed by atoms with Crippen LogP contribution >= 0.6 is 0 Å². The maximum Gasteiger partial charge on any atom is 0.0351 e. The van der Waals surface area contributed by atoms with Gasteiger partial charge in [0, 0.05) is 24.7 Å². The molecule has 1 heterocycles. The van der Waals surface area contributed by atoms with Crippen LogP contribution in [-0.2, 0) is 6.42 Å². The fraction of sp³-hybridized carbons (Fsp3) is 0.667. The second kappa shape index (κ2) is 6.28. The molecule has 110 valence electrons. The lowest BCUT2D eigenvalue weighted by Crippen LogP contribution is -2.49. The van der Waals surface area contributed by atoms with Gasteiger partial charge in [-0.25, -0.2) is 0 Å². The third-order valence-corrected chi connectivity index (χ3v) is 4.80. The first-order chi connectivity index (χ1) is 9.74. The van der Waals surface area contributed by atoms with E-state index in [2.05, 4.69) is 48.3 Å². The van der Waals surface area contributed by atoms with Crippen LogP contribution in [0.5, 0.6) is 0 Å². The molecular weight excluding hydrogens is 244 g/mol. The van der Waals surface area contributed by atoms with E-state index in [9.17, 15) is 0 Å². The average Bonchev–Trinajstić information content (AvgIpc) is 2.46. The lowest BCUT2D eigenvalue weighted by molar-refractivity contribution is 0.121. The Hall–Kier alpha value is -0.860. The zero-order valence-corrected chi connectivity index (χ0v) is 12.9. The predicted molar refractivity (Wildman–Crippen MR) is 85.0 cm³/mol. The highest BCUT2D eigenvalue weighted by molar-refractivity contribution is 5.32. The van der Waals surface area contributed by atoms with E-state index in [1.165, 1.54) is 45.2 Å². The highest BCUT2D eigenvalue weighted by Crippen LogP contribution is 2.35. The Morgan fingerprint density at radius 2 is 2.00 bits per heavy atom. The molecule has 0 saturated carbocycles. The Balaban J connectivity index is 1.73. The molecule has 1 fully saturated rings. The van der Waals surface area contributed by atoms with Gasteiger partial charge in [0.2, 0.25) is 0 Å². The smallest absolute Gasteiger partial charge is 0.0351 e. The van der Waals surface area contributed by atoms with Crippen molar-refractivity contribution in [3.05, 3.63) is 35.4 Å². The van der Waals surface area contributed by atoms with Gasteiger partial charge in [-0.2, -0.15) is 0 Å². The number of rotatable bonds is 3. The van der Waals surface area contributed by atoms with E-state index in [1.807, 2.05) is 0 Å². The zero-order chi connectivity index (χ0) is 13.9. The highest BCUT2D eigenvalue weighted by Gasteiger charge is 2.29. The monoisotopic (exact) mass is 272 g/mol. The minimum atomic E-state index is 0.596. The summed E-state index contributed by atoms with van der Waals surface area (Å²) in [5.74, 6) is 0. The number of nitrogens with one attached hydrogen (secondary N) is 1. The van der Waals surface area contributed by atoms with Gasteiger partial charge in [0.1, 0.15) is 0 Å². The molecule has 1 N–H and O–H groups in total. The van der Waals surface area contributed by atoms with Crippen molar-refractivity contribution >= 4 is 0 Å². The third kappa shape index (κ3) is 3.07. The van der Waals surface area contributed by atoms with E-state index in [0.717, 1.165) is 0 Å². The first kappa shape index (κ1) is 14.1. The van der Waals surface area contributed by atoms with E-state index < -0.39 is 0 Å². The Kier molecular flexibility index (Phi) is 4.42. The van der Waals surface area contributed by atoms with Crippen molar-refractivity contribution in [1.82, 2.24) is 10.2 Å². The molecule has 0 aromatic heterocycles. The van der Waals surface area contributed by atoms with Crippen molar-refractivity contribution < 1.29 is 0 Å². The summed E-state index contributed by atoms with van der Waals surface area (Å²) in [6.45, 7) is 7.01. The van der Waals surface area contributed by atoms with Crippen molar-refractivity contribution in [2.75, 3.05) is 13.1 Å². The van der Waals surface area contributed by atoms with Crippen molar-refractivity contribution in [2.45, 2.75) is 64.1 Å². The Bertz CT molecular complexity index is 441. The lowest BCUT2D eigenvalue weighted by atomic mass is 9.85. The minimum absolute atomic E-state index is 0.596. The van der Waals surface area contributed by atoms with Gasteiger partial charge >= 0.3 is 0 Å². The second-order valence-electron chi connectivity index (χ2n) is 6.76. The van der Waals surface area contributed by atoms with E-state index >= 15 is 0 Å². The molecule has 0 radical (unpaired) electrons. The van der Waals surface area contributed by atoms with Crippen molar-refractivity contribution in [2.24, 2.45) is 0 Å². The summed E-state index contributed by atoms with van der Waals surface area (Å²) < 4.78 is 0. The van der Waals surface area contributed by atoms with E-state index in [4.69, 9.17) is 0 Å². The summed E-state index contributed by atoms with van der Waals surface area (Å²) in [6, 6.07) is 11.0. The summed E-state index contributed by atoms with van der Waals surface area (Å²) in [6.07, 6.45) is 6.63. The zero-order valence-electron chi connectivity index (χ0n) is 12.9. The molecule has 2 nitrogen and oxygen atoms in total. The average molecular weight is 272 g/mol. The SMILES string of the molecule is CC(C)NC1CCCN(C2CCCc3ccccc32)C1. The molecule has 2 unspecified atom stereocenters. The molecule has 2 heteroatoms. The lowest BCUT2D eigenvalue weighted by Gasteiger charge is -2.41. The molecule has 1 aromatic rings. The molecule has 20 heavy (non-hydrogen) atoms. The largest absolute Gasteiger partial charge is 0.311 e. The summed E-state index contributed by atoms with van der Waals surface area (Å²) in [4.78, 5) is 2.74. The molecular formula is C18H28N2. The summed E-state index contributed by atoms with van der Waals surface area (Å²) in [5.41, 5.74) is 3.19. The number of fused-ring (bicyclic) bond motifs is 1. The van der Waals surface area contributed by atoms with Gasteiger partial charge in [-0.3, -0.25) is 4.90 Å². The highest BCUT2D eigenvalue weighted by atomic mass is 15.2. The van der Waals surface area contributed by atoms with Crippen LogP contribution in [-0.4, -0.2) is 30.1 Å². The fourth-order valence-electron chi connectivity index (χ4n) is 4.00. The number of benzene rings is 1. The van der Waals surface area contributed by atoms with Crippen molar-refractivity contribution in [1.29, 1.82) is 0 Å². The molecule has 0 amide bonds. The molecule has 1 aliphatic heterocycles. The standard InChI is InChI=1S/C18H28N2/c1-14(2)19-16-9-6-12-20(13-16)18-11-5-8-15-7-3-4-10-17(15)18/h3-4,7,10,14,16,18-19H,5-6,8-9,11-13H2,1-2H3. The van der Waals surface area contributed by atoms with Crippen LogP contribution in [0.3, 0.4) is 0 Å².